The summed E-state index contributed by atoms with van der Waals surface area (Å²) in [5.41, 5.74) is 1.96. The number of hydrogen-bond acceptors (Lipinski definition) is 4. The molecule has 1 saturated heterocycles. The Bertz CT molecular complexity index is 1170. The maximum Gasteiger partial charge on any atom is 0.322 e. The summed E-state index contributed by atoms with van der Waals surface area (Å²) in [4.78, 5) is 31.3. The number of likely N-dealkylation sites (tertiary alicyclic amines) is 1. The van der Waals surface area contributed by atoms with Crippen molar-refractivity contribution in [3.8, 4) is 11.3 Å². The Kier molecular flexibility index (Phi) is 6.62. The van der Waals surface area contributed by atoms with E-state index in [0.29, 0.717) is 22.7 Å². The summed E-state index contributed by atoms with van der Waals surface area (Å²) in [6, 6.07) is 9.90. The van der Waals surface area contributed by atoms with Gasteiger partial charge >= 0.3 is 6.03 Å². The van der Waals surface area contributed by atoms with Gasteiger partial charge in [-0.25, -0.2) is 14.2 Å². The number of rotatable bonds is 5. The zero-order valence-electron chi connectivity index (χ0n) is 18.1. The van der Waals surface area contributed by atoms with E-state index >= 15 is 0 Å². The summed E-state index contributed by atoms with van der Waals surface area (Å²) >= 11 is 5.89. The molecule has 0 bridgehead atoms. The highest BCUT2D eigenvalue weighted by Crippen LogP contribution is 2.26. The van der Waals surface area contributed by atoms with Gasteiger partial charge in [0.25, 0.3) is 0 Å². The fourth-order valence-electron chi connectivity index (χ4n) is 3.80. The van der Waals surface area contributed by atoms with Crippen LogP contribution in [0.5, 0.6) is 0 Å². The molecule has 3 amide bonds. The number of halogens is 2. The van der Waals surface area contributed by atoms with Crippen molar-refractivity contribution in [1.29, 1.82) is 0 Å². The number of carbonyl (C=O) groups excluding carboxylic acids is 2. The number of urea groups is 1. The number of benzene rings is 2. The molecule has 2 N–H and O–H groups in total. The first kappa shape index (κ1) is 22.8. The quantitative estimate of drug-likeness (QED) is 0.585. The Morgan fingerprint density at radius 2 is 1.94 bits per heavy atom. The maximum atomic E-state index is 14.8. The molecule has 10 heteroatoms. The number of carbonyl (C=O) groups is 2. The number of imidazole rings is 1. The molecule has 0 aliphatic carbocycles. The third-order valence-electron chi connectivity index (χ3n) is 5.59. The number of nitrogens with zero attached hydrogens (tertiary/aromatic N) is 3. The van der Waals surface area contributed by atoms with Crippen molar-refractivity contribution in [2.24, 2.45) is 7.05 Å². The highest BCUT2D eigenvalue weighted by atomic mass is 35.5. The standard InChI is InChI=1S/C23H23ClFN5O3/c1-29-13-26-11-21(29)14-3-8-19(18(25)9-14)28-22(31)20-10-17(33-2)12-30(20)23(32)27-16-6-4-15(24)5-7-16/h3-9,11,13,17,20H,10,12H2,1-2H3,(H,27,32)(H,28,31)/t17-,20-/m1/s1. The molecular formula is C23H23ClFN5O3. The largest absolute Gasteiger partial charge is 0.380 e. The van der Waals surface area contributed by atoms with Gasteiger partial charge in [-0.2, -0.15) is 0 Å². The van der Waals surface area contributed by atoms with Gasteiger partial charge in [-0.1, -0.05) is 17.7 Å². The molecule has 0 unspecified atom stereocenters. The molecule has 0 saturated carbocycles. The Labute approximate surface area is 195 Å². The van der Waals surface area contributed by atoms with Crippen LogP contribution in [-0.2, 0) is 16.6 Å². The maximum absolute atomic E-state index is 14.8. The minimum absolute atomic E-state index is 0.0323. The molecule has 33 heavy (non-hydrogen) atoms. The summed E-state index contributed by atoms with van der Waals surface area (Å²) in [5, 5.41) is 5.91. The van der Waals surface area contributed by atoms with Gasteiger partial charge in [0.05, 0.1) is 30.0 Å². The Balaban J connectivity index is 1.49. The van der Waals surface area contributed by atoms with Gasteiger partial charge in [0.2, 0.25) is 5.91 Å². The van der Waals surface area contributed by atoms with E-state index in [1.807, 2.05) is 7.05 Å². The van der Waals surface area contributed by atoms with Crippen LogP contribution in [0.3, 0.4) is 0 Å². The second kappa shape index (κ2) is 9.60. The van der Waals surface area contributed by atoms with Crippen molar-refractivity contribution in [3.05, 3.63) is 65.8 Å². The Hall–Kier alpha value is -3.43. The highest BCUT2D eigenvalue weighted by molar-refractivity contribution is 6.30. The number of methoxy groups -OCH3 is 1. The van der Waals surface area contributed by atoms with Gasteiger partial charge in [-0.15, -0.1) is 0 Å². The van der Waals surface area contributed by atoms with Crippen molar-refractivity contribution < 1.29 is 18.7 Å². The van der Waals surface area contributed by atoms with Gasteiger partial charge in [0.1, 0.15) is 11.9 Å². The number of anilines is 2. The number of aryl methyl sites for hydroxylation is 1. The van der Waals surface area contributed by atoms with E-state index in [-0.39, 0.29) is 18.3 Å². The molecule has 1 aliphatic rings. The second-order valence-corrected chi connectivity index (χ2v) is 8.21. The van der Waals surface area contributed by atoms with E-state index in [1.165, 1.54) is 24.1 Å². The average molecular weight is 472 g/mol. The normalized spacial score (nSPS) is 17.8. The van der Waals surface area contributed by atoms with E-state index in [2.05, 4.69) is 15.6 Å². The summed E-state index contributed by atoms with van der Waals surface area (Å²) < 4.78 is 21.9. The van der Waals surface area contributed by atoms with Crippen molar-refractivity contribution in [3.63, 3.8) is 0 Å². The summed E-state index contributed by atoms with van der Waals surface area (Å²) in [5.74, 6) is -1.08. The van der Waals surface area contributed by atoms with Crippen LogP contribution in [0.25, 0.3) is 11.3 Å². The second-order valence-electron chi connectivity index (χ2n) is 7.77. The Morgan fingerprint density at radius 1 is 1.18 bits per heavy atom. The summed E-state index contributed by atoms with van der Waals surface area (Å²) in [6.07, 6.45) is 3.24. The molecule has 4 rings (SSSR count). The molecule has 0 radical (unpaired) electrons. The molecular weight excluding hydrogens is 449 g/mol. The van der Waals surface area contributed by atoms with Crippen LogP contribution in [0.1, 0.15) is 6.42 Å². The smallest absolute Gasteiger partial charge is 0.322 e. The van der Waals surface area contributed by atoms with Gasteiger partial charge in [0.15, 0.2) is 0 Å². The zero-order valence-corrected chi connectivity index (χ0v) is 18.8. The van der Waals surface area contributed by atoms with Crippen molar-refractivity contribution >= 4 is 34.9 Å². The fraction of sp³-hybridized carbons (Fsp3) is 0.261. The lowest BCUT2D eigenvalue weighted by atomic mass is 10.1. The lowest BCUT2D eigenvalue weighted by molar-refractivity contribution is -0.119. The molecule has 2 atom stereocenters. The topological polar surface area (TPSA) is 88.5 Å². The average Bonchev–Trinajstić information content (AvgIpc) is 3.43. The van der Waals surface area contributed by atoms with Crippen LogP contribution in [0.4, 0.5) is 20.6 Å². The van der Waals surface area contributed by atoms with Crippen LogP contribution in [-0.4, -0.2) is 52.2 Å². The number of amides is 3. The van der Waals surface area contributed by atoms with E-state index in [1.54, 1.807) is 47.4 Å². The summed E-state index contributed by atoms with van der Waals surface area (Å²) in [6.45, 7) is 0.232. The summed E-state index contributed by atoms with van der Waals surface area (Å²) in [7, 11) is 3.34. The molecule has 2 heterocycles. The first-order chi connectivity index (χ1) is 15.9. The SMILES string of the molecule is CO[C@@H]1C[C@H](C(=O)Nc2ccc(-c3cncn3C)cc2F)N(C(=O)Nc2ccc(Cl)cc2)C1. The molecule has 2 aromatic carbocycles. The molecule has 1 aromatic heterocycles. The van der Waals surface area contributed by atoms with Crippen LogP contribution in [0.2, 0.25) is 5.02 Å². The van der Waals surface area contributed by atoms with Gasteiger partial charge in [-0.3, -0.25) is 4.79 Å². The monoisotopic (exact) mass is 471 g/mol. The molecule has 3 aromatic rings. The fourth-order valence-corrected chi connectivity index (χ4v) is 3.92. The van der Waals surface area contributed by atoms with Gasteiger partial charge < -0.3 is 24.8 Å². The lowest BCUT2D eigenvalue weighted by Crippen LogP contribution is -2.45. The van der Waals surface area contributed by atoms with E-state index in [0.717, 1.165) is 5.69 Å². The van der Waals surface area contributed by atoms with Crippen molar-refractivity contribution in [2.45, 2.75) is 18.6 Å². The predicted octanol–water partition coefficient (Wildman–Crippen LogP) is 4.14. The third-order valence-corrected chi connectivity index (χ3v) is 5.85. The predicted molar refractivity (Wildman–Crippen MR) is 124 cm³/mol. The van der Waals surface area contributed by atoms with Gasteiger partial charge in [-0.05, 0) is 36.4 Å². The zero-order chi connectivity index (χ0) is 23.5. The minimum Gasteiger partial charge on any atom is -0.380 e. The van der Waals surface area contributed by atoms with Crippen LogP contribution < -0.4 is 10.6 Å². The van der Waals surface area contributed by atoms with E-state index in [4.69, 9.17) is 16.3 Å². The van der Waals surface area contributed by atoms with E-state index < -0.39 is 23.8 Å². The Morgan fingerprint density at radius 3 is 2.58 bits per heavy atom. The number of aromatic nitrogens is 2. The van der Waals surface area contributed by atoms with Crippen molar-refractivity contribution in [1.82, 2.24) is 14.5 Å². The first-order valence-corrected chi connectivity index (χ1v) is 10.7. The number of hydrogen-bond donors (Lipinski definition) is 2. The number of ether oxygens (including phenoxy) is 1. The first-order valence-electron chi connectivity index (χ1n) is 10.3. The molecule has 0 spiro atoms. The van der Waals surface area contributed by atoms with Crippen LogP contribution in [0.15, 0.2) is 55.0 Å². The molecule has 1 fully saturated rings. The molecule has 1 aliphatic heterocycles. The van der Waals surface area contributed by atoms with Crippen molar-refractivity contribution in [2.75, 3.05) is 24.3 Å². The van der Waals surface area contributed by atoms with E-state index in [9.17, 15) is 14.0 Å². The third kappa shape index (κ3) is 4.99. The van der Waals surface area contributed by atoms with Gasteiger partial charge in [0, 0.05) is 43.4 Å². The van der Waals surface area contributed by atoms with Crippen LogP contribution in [0, 0.1) is 5.82 Å². The highest BCUT2D eigenvalue weighted by Gasteiger charge is 2.40. The minimum atomic E-state index is -0.821. The van der Waals surface area contributed by atoms with Crippen LogP contribution >= 0.6 is 11.6 Å². The number of nitrogens with one attached hydrogen (secondary N) is 2. The molecule has 8 nitrogen and oxygen atoms in total. The molecule has 172 valence electrons. The lowest BCUT2D eigenvalue weighted by Gasteiger charge is -2.24.